The van der Waals surface area contributed by atoms with Crippen molar-refractivity contribution in [1.82, 2.24) is 15.3 Å². The number of aromatic nitrogens is 2. The van der Waals surface area contributed by atoms with Gasteiger partial charge in [0.2, 0.25) is 5.88 Å². The van der Waals surface area contributed by atoms with E-state index in [2.05, 4.69) is 20.6 Å². The molecule has 0 radical (unpaired) electrons. The summed E-state index contributed by atoms with van der Waals surface area (Å²) >= 11 is 0. The lowest BCUT2D eigenvalue weighted by Gasteiger charge is -2.19. The molecular weight excluding hydrogens is 286 g/mol. The Labute approximate surface area is 130 Å². The summed E-state index contributed by atoms with van der Waals surface area (Å²) in [5, 5.41) is 5.65. The van der Waals surface area contributed by atoms with Gasteiger partial charge in [0.1, 0.15) is 17.6 Å². The summed E-state index contributed by atoms with van der Waals surface area (Å²) in [6, 6.07) is 0. The molecule has 0 aromatic carbocycles. The molecule has 0 bridgehead atoms. The van der Waals surface area contributed by atoms with Crippen LogP contribution in [0.3, 0.4) is 0 Å². The maximum atomic E-state index is 11.5. The van der Waals surface area contributed by atoms with Crippen molar-refractivity contribution in [2.45, 2.75) is 46.3 Å². The van der Waals surface area contributed by atoms with Crippen LogP contribution in [-0.4, -0.2) is 40.9 Å². The van der Waals surface area contributed by atoms with Crippen LogP contribution >= 0.6 is 0 Å². The highest BCUT2D eigenvalue weighted by atomic mass is 16.6. The van der Waals surface area contributed by atoms with Gasteiger partial charge in [0.25, 0.3) is 0 Å². The predicted octanol–water partition coefficient (Wildman–Crippen LogP) is 1.78. The molecule has 8 nitrogen and oxygen atoms in total. The number of nitrogens with one attached hydrogen (secondary N) is 2. The van der Waals surface area contributed by atoms with Crippen LogP contribution in [-0.2, 0) is 4.74 Å². The van der Waals surface area contributed by atoms with E-state index in [4.69, 9.17) is 15.2 Å². The largest absolute Gasteiger partial charge is 0.473 e. The molecule has 8 heteroatoms. The van der Waals surface area contributed by atoms with Crippen LogP contribution in [0.1, 0.15) is 34.6 Å². The normalized spacial score (nSPS) is 11.2. The average molecular weight is 311 g/mol. The Morgan fingerprint density at radius 1 is 1.32 bits per heavy atom. The molecule has 0 fully saturated rings. The number of rotatable bonds is 6. The van der Waals surface area contributed by atoms with Gasteiger partial charge in [-0.25, -0.2) is 9.78 Å². The van der Waals surface area contributed by atoms with Crippen LogP contribution in [0.4, 0.5) is 16.3 Å². The molecule has 22 heavy (non-hydrogen) atoms. The molecule has 0 spiro atoms. The van der Waals surface area contributed by atoms with Gasteiger partial charge in [-0.2, -0.15) is 4.98 Å². The van der Waals surface area contributed by atoms with Crippen molar-refractivity contribution in [2.24, 2.45) is 0 Å². The number of alkyl carbamates (subject to hydrolysis) is 1. The molecule has 0 unspecified atom stereocenters. The van der Waals surface area contributed by atoms with Crippen LogP contribution < -0.4 is 21.1 Å². The fourth-order valence-corrected chi connectivity index (χ4v) is 1.50. The number of anilines is 2. The number of nitrogens with zero attached hydrogens (tertiary/aromatic N) is 2. The molecule has 124 valence electrons. The standard InChI is InChI=1S/C14H25N5O3/c1-9(2)21-12-10(15)11(18-8-19-12)16-6-7-17-13(20)22-14(3,4)5/h8-9H,6-7,15H2,1-5H3,(H,17,20)(H,16,18,19). The van der Waals surface area contributed by atoms with Crippen molar-refractivity contribution < 1.29 is 14.3 Å². The quantitative estimate of drug-likeness (QED) is 0.686. The van der Waals surface area contributed by atoms with Crippen molar-refractivity contribution in [1.29, 1.82) is 0 Å². The highest BCUT2D eigenvalue weighted by Gasteiger charge is 2.15. The van der Waals surface area contributed by atoms with Gasteiger partial charge >= 0.3 is 6.09 Å². The number of ether oxygens (including phenoxy) is 2. The summed E-state index contributed by atoms with van der Waals surface area (Å²) in [6.45, 7) is 10.0. The van der Waals surface area contributed by atoms with Crippen LogP contribution in [0.2, 0.25) is 0 Å². The first-order valence-electron chi connectivity index (χ1n) is 7.17. The zero-order chi connectivity index (χ0) is 16.8. The van der Waals surface area contributed by atoms with Gasteiger partial charge in [0, 0.05) is 13.1 Å². The van der Waals surface area contributed by atoms with Gasteiger partial charge in [-0.1, -0.05) is 0 Å². The molecule has 1 amide bonds. The topological polar surface area (TPSA) is 111 Å². The van der Waals surface area contributed by atoms with Gasteiger partial charge in [-0.3, -0.25) is 0 Å². The number of hydrogen-bond donors (Lipinski definition) is 3. The van der Waals surface area contributed by atoms with Crippen molar-refractivity contribution in [3.05, 3.63) is 6.33 Å². The predicted molar refractivity (Wildman–Crippen MR) is 84.9 cm³/mol. The van der Waals surface area contributed by atoms with Crippen molar-refractivity contribution >= 4 is 17.6 Å². The van der Waals surface area contributed by atoms with E-state index in [1.54, 1.807) is 0 Å². The lowest BCUT2D eigenvalue weighted by Crippen LogP contribution is -2.35. The first-order chi connectivity index (χ1) is 10.2. The number of carbonyl (C=O) groups excluding carboxylic acids is 1. The summed E-state index contributed by atoms with van der Waals surface area (Å²) in [6.07, 6.45) is 0.880. The fourth-order valence-electron chi connectivity index (χ4n) is 1.50. The third-order valence-electron chi connectivity index (χ3n) is 2.28. The maximum absolute atomic E-state index is 11.5. The van der Waals surface area contributed by atoms with E-state index in [9.17, 15) is 4.79 Å². The van der Waals surface area contributed by atoms with Gasteiger partial charge in [-0.15, -0.1) is 0 Å². The summed E-state index contributed by atoms with van der Waals surface area (Å²) in [5.41, 5.74) is 5.76. The van der Waals surface area contributed by atoms with E-state index in [-0.39, 0.29) is 6.10 Å². The molecule has 1 rings (SSSR count). The Hall–Kier alpha value is -2.25. The van der Waals surface area contributed by atoms with E-state index in [0.29, 0.717) is 30.5 Å². The Morgan fingerprint density at radius 3 is 2.59 bits per heavy atom. The SMILES string of the molecule is CC(C)Oc1ncnc(NCCNC(=O)OC(C)(C)C)c1N. The summed E-state index contributed by atoms with van der Waals surface area (Å²) in [5.74, 6) is 0.809. The minimum atomic E-state index is -0.516. The lowest BCUT2D eigenvalue weighted by molar-refractivity contribution is 0.0530. The molecule has 4 N–H and O–H groups in total. The molecular formula is C14H25N5O3. The summed E-state index contributed by atoms with van der Waals surface area (Å²) in [7, 11) is 0. The third-order valence-corrected chi connectivity index (χ3v) is 2.28. The molecule has 0 aliphatic carbocycles. The van der Waals surface area contributed by atoms with Crippen molar-refractivity contribution in [2.75, 3.05) is 24.1 Å². The number of hydrogen-bond acceptors (Lipinski definition) is 7. The Bertz CT molecular complexity index is 500. The Kier molecular flexibility index (Phi) is 6.21. The van der Waals surface area contributed by atoms with Crippen LogP contribution in [0, 0.1) is 0 Å². The minimum absolute atomic E-state index is 0.0288. The number of nitrogens with two attached hydrogens (primary N) is 1. The molecule has 0 atom stereocenters. The molecule has 1 aromatic heterocycles. The monoisotopic (exact) mass is 311 g/mol. The zero-order valence-electron chi connectivity index (χ0n) is 13.8. The molecule has 1 heterocycles. The minimum Gasteiger partial charge on any atom is -0.473 e. The summed E-state index contributed by atoms with van der Waals surface area (Å²) in [4.78, 5) is 19.5. The van der Waals surface area contributed by atoms with Crippen molar-refractivity contribution in [3.63, 3.8) is 0 Å². The lowest BCUT2D eigenvalue weighted by atomic mass is 10.2. The van der Waals surface area contributed by atoms with E-state index >= 15 is 0 Å². The smallest absolute Gasteiger partial charge is 0.407 e. The molecule has 1 aromatic rings. The second kappa shape index (κ2) is 7.67. The third kappa shape index (κ3) is 6.47. The second-order valence-electron chi connectivity index (χ2n) is 5.96. The second-order valence-corrected chi connectivity index (χ2v) is 5.96. The van der Waals surface area contributed by atoms with Gasteiger partial charge in [-0.05, 0) is 34.6 Å². The number of carbonyl (C=O) groups is 1. The van der Waals surface area contributed by atoms with Crippen LogP contribution in [0.5, 0.6) is 5.88 Å². The number of nitrogen functional groups attached to an aromatic ring is 1. The van der Waals surface area contributed by atoms with E-state index in [1.165, 1.54) is 6.33 Å². The summed E-state index contributed by atoms with van der Waals surface area (Å²) < 4.78 is 10.6. The van der Waals surface area contributed by atoms with Gasteiger partial charge < -0.3 is 25.8 Å². The van der Waals surface area contributed by atoms with Gasteiger partial charge in [0.15, 0.2) is 5.82 Å². The fraction of sp³-hybridized carbons (Fsp3) is 0.643. The average Bonchev–Trinajstić information content (AvgIpc) is 2.36. The van der Waals surface area contributed by atoms with E-state index in [0.717, 1.165) is 0 Å². The molecule has 0 saturated heterocycles. The van der Waals surface area contributed by atoms with Crippen molar-refractivity contribution in [3.8, 4) is 5.88 Å². The molecule has 0 aliphatic rings. The Balaban J connectivity index is 2.44. The Morgan fingerprint density at radius 2 is 2.00 bits per heavy atom. The molecule has 0 saturated carbocycles. The number of amides is 1. The first kappa shape index (κ1) is 17.8. The first-order valence-corrected chi connectivity index (χ1v) is 7.17. The van der Waals surface area contributed by atoms with E-state index < -0.39 is 11.7 Å². The van der Waals surface area contributed by atoms with Gasteiger partial charge in [0.05, 0.1) is 6.10 Å². The van der Waals surface area contributed by atoms with Crippen LogP contribution in [0.25, 0.3) is 0 Å². The van der Waals surface area contributed by atoms with E-state index in [1.807, 2.05) is 34.6 Å². The highest BCUT2D eigenvalue weighted by Crippen LogP contribution is 2.24. The molecule has 0 aliphatic heterocycles. The highest BCUT2D eigenvalue weighted by molar-refractivity contribution is 5.68. The zero-order valence-corrected chi connectivity index (χ0v) is 13.8. The maximum Gasteiger partial charge on any atom is 0.407 e. The van der Waals surface area contributed by atoms with Crippen LogP contribution in [0.15, 0.2) is 6.33 Å².